The highest BCUT2D eigenvalue weighted by Crippen LogP contribution is 2.17. The van der Waals surface area contributed by atoms with Crippen LogP contribution >= 0.6 is 11.6 Å². The summed E-state index contributed by atoms with van der Waals surface area (Å²) < 4.78 is 4.54. The zero-order valence-electron chi connectivity index (χ0n) is 14.2. The third kappa shape index (κ3) is 8.61. The van der Waals surface area contributed by atoms with Crippen LogP contribution < -0.4 is 5.32 Å². The summed E-state index contributed by atoms with van der Waals surface area (Å²) in [7, 11) is 0.250. The Morgan fingerprint density at radius 1 is 1.39 bits per heavy atom. The van der Waals surface area contributed by atoms with Crippen molar-refractivity contribution in [3.63, 3.8) is 0 Å². The van der Waals surface area contributed by atoms with E-state index in [2.05, 4.69) is 34.9 Å². The fraction of sp³-hybridized carbons (Fsp3) is 0.500. The second kappa shape index (κ2) is 9.57. The van der Waals surface area contributed by atoms with Crippen LogP contribution in [0.4, 0.5) is 4.79 Å². The number of halogens is 1. The van der Waals surface area contributed by atoms with Crippen molar-refractivity contribution in [2.75, 3.05) is 13.7 Å². The number of benzene rings is 1. The number of hydrogen-bond acceptors (Lipinski definition) is 4. The van der Waals surface area contributed by atoms with Gasteiger partial charge in [0.25, 0.3) is 0 Å². The van der Waals surface area contributed by atoms with Crippen LogP contribution in [0, 0.1) is 0 Å². The molecular formula is C16H25ClN2O3Si. The predicted octanol–water partition coefficient (Wildman–Crippen LogP) is 4.08. The van der Waals surface area contributed by atoms with Gasteiger partial charge in [-0.15, -0.1) is 0 Å². The van der Waals surface area contributed by atoms with Gasteiger partial charge in [0.2, 0.25) is 0 Å². The van der Waals surface area contributed by atoms with E-state index in [-0.39, 0.29) is 0 Å². The van der Waals surface area contributed by atoms with E-state index in [1.54, 1.807) is 6.21 Å². The third-order valence-electron chi connectivity index (χ3n) is 3.14. The van der Waals surface area contributed by atoms with E-state index in [1.807, 2.05) is 18.2 Å². The lowest BCUT2D eigenvalue weighted by Crippen LogP contribution is -2.22. The lowest BCUT2D eigenvalue weighted by molar-refractivity contribution is 0.159. The van der Waals surface area contributed by atoms with Gasteiger partial charge in [-0.2, -0.15) is 0 Å². The molecule has 23 heavy (non-hydrogen) atoms. The average Bonchev–Trinajstić information content (AvgIpc) is 2.49. The maximum absolute atomic E-state index is 11.1. The number of methoxy groups -OCH3 is 1. The summed E-state index contributed by atoms with van der Waals surface area (Å²) in [5, 5.41) is 7.20. The van der Waals surface area contributed by atoms with E-state index in [4.69, 9.17) is 16.4 Å². The standard InChI is InChI=1S/C16H25ClN2O3Si/c1-21-16(20)18-12-14-11-13(5-6-15(14)17)7-8-19-22-9-10-23(2,3)4/h5-6,8,11H,7,9-10,12H2,1-4H3,(H,18,20). The van der Waals surface area contributed by atoms with E-state index in [1.165, 1.54) is 7.11 Å². The molecule has 0 bridgehead atoms. The SMILES string of the molecule is COC(=O)NCc1cc(CC=NOCC[Si](C)(C)C)ccc1Cl. The molecule has 0 saturated heterocycles. The van der Waals surface area contributed by atoms with Crippen LogP contribution in [0.1, 0.15) is 11.1 Å². The minimum Gasteiger partial charge on any atom is -0.453 e. The van der Waals surface area contributed by atoms with Crippen molar-refractivity contribution >= 4 is 32.0 Å². The van der Waals surface area contributed by atoms with Crippen LogP contribution in [-0.4, -0.2) is 34.1 Å². The van der Waals surface area contributed by atoms with Gasteiger partial charge >= 0.3 is 6.09 Å². The summed E-state index contributed by atoms with van der Waals surface area (Å²) in [5.74, 6) is 0. The van der Waals surface area contributed by atoms with Gasteiger partial charge < -0.3 is 14.9 Å². The zero-order chi connectivity index (χ0) is 17.3. The number of rotatable bonds is 8. The van der Waals surface area contributed by atoms with Crippen molar-refractivity contribution < 1.29 is 14.4 Å². The van der Waals surface area contributed by atoms with Crippen LogP contribution in [0.15, 0.2) is 23.4 Å². The molecule has 5 nitrogen and oxygen atoms in total. The van der Waals surface area contributed by atoms with Crippen molar-refractivity contribution in [3.05, 3.63) is 34.3 Å². The van der Waals surface area contributed by atoms with Gasteiger partial charge in [-0.05, 0) is 23.2 Å². The third-order valence-corrected chi connectivity index (χ3v) is 5.21. The van der Waals surface area contributed by atoms with Gasteiger partial charge in [0.1, 0.15) is 6.61 Å². The molecule has 1 rings (SSSR count). The molecule has 128 valence electrons. The maximum atomic E-state index is 11.1. The molecule has 0 radical (unpaired) electrons. The van der Waals surface area contributed by atoms with Crippen molar-refractivity contribution in [1.82, 2.24) is 5.32 Å². The monoisotopic (exact) mass is 356 g/mol. The number of amides is 1. The molecule has 0 atom stereocenters. The Balaban J connectivity index is 2.46. The molecule has 0 aliphatic rings. The topological polar surface area (TPSA) is 59.9 Å². The molecule has 7 heteroatoms. The summed E-state index contributed by atoms with van der Waals surface area (Å²) in [6.45, 7) is 7.90. The van der Waals surface area contributed by atoms with E-state index in [0.717, 1.165) is 17.2 Å². The van der Waals surface area contributed by atoms with Gasteiger partial charge in [0.05, 0.1) is 7.11 Å². The van der Waals surface area contributed by atoms with Crippen molar-refractivity contribution in [1.29, 1.82) is 0 Å². The highest BCUT2D eigenvalue weighted by molar-refractivity contribution is 6.76. The van der Waals surface area contributed by atoms with E-state index < -0.39 is 14.2 Å². The first kappa shape index (κ1) is 19.5. The second-order valence-corrected chi connectivity index (χ2v) is 12.4. The first-order chi connectivity index (χ1) is 10.8. The van der Waals surface area contributed by atoms with Crippen LogP contribution in [0.3, 0.4) is 0 Å². The zero-order valence-corrected chi connectivity index (χ0v) is 15.9. The Labute approximate surface area is 144 Å². The number of ether oxygens (including phenoxy) is 1. The van der Waals surface area contributed by atoms with Gasteiger partial charge in [0, 0.05) is 32.3 Å². The molecule has 0 heterocycles. The Morgan fingerprint density at radius 3 is 2.78 bits per heavy atom. The fourth-order valence-corrected chi connectivity index (χ4v) is 2.62. The van der Waals surface area contributed by atoms with Gasteiger partial charge in [-0.25, -0.2) is 4.79 Å². The molecule has 1 amide bonds. The molecule has 0 aliphatic heterocycles. The highest BCUT2D eigenvalue weighted by Gasteiger charge is 2.12. The molecule has 0 aliphatic carbocycles. The first-order valence-electron chi connectivity index (χ1n) is 7.55. The number of nitrogens with one attached hydrogen (secondary N) is 1. The quantitative estimate of drug-likeness (QED) is 0.330. The van der Waals surface area contributed by atoms with E-state index >= 15 is 0 Å². The minimum atomic E-state index is -1.08. The number of hydrogen-bond donors (Lipinski definition) is 1. The lowest BCUT2D eigenvalue weighted by atomic mass is 10.1. The molecule has 0 unspecified atom stereocenters. The summed E-state index contributed by atoms with van der Waals surface area (Å²) in [4.78, 5) is 16.4. The first-order valence-corrected chi connectivity index (χ1v) is 11.6. The van der Waals surface area contributed by atoms with Crippen LogP contribution in [0.2, 0.25) is 30.7 Å². The Morgan fingerprint density at radius 2 is 2.13 bits per heavy atom. The normalized spacial score (nSPS) is 11.5. The van der Waals surface area contributed by atoms with Crippen molar-refractivity contribution in [3.8, 4) is 0 Å². The van der Waals surface area contributed by atoms with Gasteiger partial charge in [0.15, 0.2) is 0 Å². The number of carbonyl (C=O) groups is 1. The van der Waals surface area contributed by atoms with Gasteiger partial charge in [-0.3, -0.25) is 0 Å². The van der Waals surface area contributed by atoms with Crippen LogP contribution in [0.25, 0.3) is 0 Å². The average molecular weight is 357 g/mol. The summed E-state index contributed by atoms with van der Waals surface area (Å²) in [6.07, 6.45) is 1.91. The lowest BCUT2D eigenvalue weighted by Gasteiger charge is -2.13. The van der Waals surface area contributed by atoms with E-state index in [9.17, 15) is 4.79 Å². The van der Waals surface area contributed by atoms with Crippen LogP contribution in [-0.2, 0) is 22.5 Å². The Kier molecular flexibility index (Phi) is 8.12. The second-order valence-electron chi connectivity index (χ2n) is 6.41. The molecule has 0 spiro atoms. The molecule has 1 aromatic rings. The predicted molar refractivity (Wildman–Crippen MR) is 97.0 cm³/mol. The molecular weight excluding hydrogens is 332 g/mol. The van der Waals surface area contributed by atoms with Crippen molar-refractivity contribution in [2.45, 2.75) is 38.7 Å². The maximum Gasteiger partial charge on any atom is 0.407 e. The molecule has 1 N–H and O–H groups in total. The summed E-state index contributed by atoms with van der Waals surface area (Å²) in [5.41, 5.74) is 1.89. The number of oxime groups is 1. The van der Waals surface area contributed by atoms with Gasteiger partial charge in [-0.1, -0.05) is 48.5 Å². The Bertz CT molecular complexity index is 545. The largest absolute Gasteiger partial charge is 0.453 e. The van der Waals surface area contributed by atoms with Crippen molar-refractivity contribution in [2.24, 2.45) is 5.16 Å². The fourth-order valence-electron chi connectivity index (χ4n) is 1.73. The Hall–Kier alpha value is -1.53. The van der Waals surface area contributed by atoms with Crippen LogP contribution in [0.5, 0.6) is 0 Å². The number of nitrogens with zero attached hydrogens (tertiary/aromatic N) is 1. The van der Waals surface area contributed by atoms with E-state index in [0.29, 0.717) is 24.6 Å². The molecule has 0 aromatic heterocycles. The number of carbonyl (C=O) groups excluding carboxylic acids is 1. The number of alkyl carbamates (subject to hydrolysis) is 1. The highest BCUT2D eigenvalue weighted by atomic mass is 35.5. The molecule has 0 fully saturated rings. The molecule has 0 saturated carbocycles. The smallest absolute Gasteiger partial charge is 0.407 e. The minimum absolute atomic E-state index is 0.323. The molecule has 1 aromatic carbocycles. The summed E-state index contributed by atoms with van der Waals surface area (Å²) >= 11 is 6.12. The summed E-state index contributed by atoms with van der Waals surface area (Å²) in [6, 6.07) is 6.77.